The second-order valence-electron chi connectivity index (χ2n) is 8.24. The highest BCUT2D eigenvalue weighted by Crippen LogP contribution is 2.07. The van der Waals surface area contributed by atoms with E-state index in [1.165, 1.54) is 11.8 Å². The minimum absolute atomic E-state index is 0.107. The molecule has 15 nitrogen and oxygen atoms in total. The van der Waals surface area contributed by atoms with Crippen LogP contribution in [0.2, 0.25) is 0 Å². The highest BCUT2D eigenvalue weighted by molar-refractivity contribution is 7.98. The zero-order valence-corrected chi connectivity index (χ0v) is 21.8. The maximum absolute atomic E-state index is 13.1. The van der Waals surface area contributed by atoms with E-state index in [9.17, 15) is 29.1 Å². The summed E-state index contributed by atoms with van der Waals surface area (Å²) in [5, 5.41) is 25.4. The summed E-state index contributed by atoms with van der Waals surface area (Å²) < 4.78 is 0. The number of aliphatic imine (C=N–C) groups is 1. The largest absolute Gasteiger partial charge is 0.481 e. The van der Waals surface area contributed by atoms with Gasteiger partial charge in [-0.3, -0.25) is 24.2 Å². The number of guanidine groups is 1. The monoisotopic (exact) mass is 548 g/mol. The summed E-state index contributed by atoms with van der Waals surface area (Å²) in [5.74, 6) is -4.57. The van der Waals surface area contributed by atoms with Crippen molar-refractivity contribution in [2.75, 3.05) is 25.1 Å². The zero-order valence-electron chi connectivity index (χ0n) is 21.0. The molecule has 3 amide bonds. The van der Waals surface area contributed by atoms with Gasteiger partial charge in [-0.2, -0.15) is 11.8 Å². The molecule has 0 aromatic heterocycles. The second kappa shape index (κ2) is 19.1. The molecule has 212 valence electrons. The van der Waals surface area contributed by atoms with E-state index in [1.54, 1.807) is 0 Å². The summed E-state index contributed by atoms with van der Waals surface area (Å²) in [7, 11) is 0. The van der Waals surface area contributed by atoms with Gasteiger partial charge in [0, 0.05) is 6.54 Å². The van der Waals surface area contributed by atoms with Gasteiger partial charge in [0.25, 0.3) is 0 Å². The number of hydrogen-bond acceptors (Lipinski definition) is 9. The number of unbranched alkanes of at least 4 members (excludes halogenated alkanes) is 1. The standard InChI is InChI=1S/C21H40N8O7S/c1-37-10-7-12(23)17(32)27-14(6-4-9-26-21(24)25)18(33)28-13(5-2-3-8-22)19(34)29-15(20(35)36)11-16(30)31/h12-15H,2-11,22-23H2,1H3,(H,27,32)(H,28,33)(H,29,34)(H,30,31)(H,35,36)(H4,24,25,26). The molecule has 0 saturated heterocycles. The quantitative estimate of drug-likeness (QED) is 0.0425. The van der Waals surface area contributed by atoms with Crippen LogP contribution in [0.1, 0.15) is 44.9 Å². The van der Waals surface area contributed by atoms with Crippen LogP contribution in [0.15, 0.2) is 4.99 Å². The Kier molecular flexibility index (Phi) is 17.5. The van der Waals surface area contributed by atoms with Crippen molar-refractivity contribution in [2.45, 2.75) is 69.1 Å². The Labute approximate surface area is 219 Å². The number of carbonyl (C=O) groups excluding carboxylic acids is 3. The van der Waals surface area contributed by atoms with Crippen molar-refractivity contribution >= 4 is 47.4 Å². The van der Waals surface area contributed by atoms with Crippen LogP contribution in [0.25, 0.3) is 0 Å². The van der Waals surface area contributed by atoms with Crippen molar-refractivity contribution in [3.05, 3.63) is 0 Å². The van der Waals surface area contributed by atoms with Gasteiger partial charge >= 0.3 is 11.9 Å². The first-order valence-corrected chi connectivity index (χ1v) is 13.2. The topological polar surface area (TPSA) is 278 Å². The Morgan fingerprint density at radius 3 is 1.86 bits per heavy atom. The lowest BCUT2D eigenvalue weighted by Crippen LogP contribution is -2.57. The van der Waals surface area contributed by atoms with E-state index in [2.05, 4.69) is 20.9 Å². The van der Waals surface area contributed by atoms with E-state index in [-0.39, 0.29) is 25.3 Å². The average molecular weight is 549 g/mol. The number of carbonyl (C=O) groups is 5. The Balaban J connectivity index is 5.61. The fraction of sp³-hybridized carbons (Fsp3) is 0.714. The van der Waals surface area contributed by atoms with Crippen molar-refractivity contribution in [3.8, 4) is 0 Å². The van der Waals surface area contributed by atoms with Gasteiger partial charge in [-0.15, -0.1) is 0 Å². The summed E-state index contributed by atoms with van der Waals surface area (Å²) >= 11 is 1.51. The van der Waals surface area contributed by atoms with Gasteiger partial charge in [0.05, 0.1) is 12.5 Å². The van der Waals surface area contributed by atoms with Crippen LogP contribution in [0.3, 0.4) is 0 Å². The maximum atomic E-state index is 13.1. The third-order valence-corrected chi connectivity index (χ3v) is 5.77. The normalized spacial score (nSPS) is 13.9. The van der Waals surface area contributed by atoms with Gasteiger partial charge in [0.2, 0.25) is 17.7 Å². The number of nitrogens with two attached hydrogens (primary N) is 4. The molecule has 0 aromatic rings. The van der Waals surface area contributed by atoms with Crippen LogP contribution in [-0.2, 0) is 24.0 Å². The van der Waals surface area contributed by atoms with Crippen LogP contribution < -0.4 is 38.9 Å². The number of nitrogens with one attached hydrogen (secondary N) is 3. The fourth-order valence-electron chi connectivity index (χ4n) is 3.11. The molecule has 4 unspecified atom stereocenters. The predicted molar refractivity (Wildman–Crippen MR) is 139 cm³/mol. The molecule has 13 N–H and O–H groups in total. The van der Waals surface area contributed by atoms with Crippen molar-refractivity contribution in [3.63, 3.8) is 0 Å². The molecule has 0 aliphatic heterocycles. The maximum Gasteiger partial charge on any atom is 0.326 e. The Morgan fingerprint density at radius 1 is 0.838 bits per heavy atom. The molecule has 0 radical (unpaired) electrons. The van der Waals surface area contributed by atoms with E-state index in [0.717, 1.165) is 0 Å². The SMILES string of the molecule is CSCCC(N)C(=O)NC(CCCN=C(N)N)C(=O)NC(CCCCN)C(=O)NC(CC(=O)O)C(=O)O. The van der Waals surface area contributed by atoms with Gasteiger partial charge in [-0.1, -0.05) is 0 Å². The number of rotatable bonds is 20. The summed E-state index contributed by atoms with van der Waals surface area (Å²) in [6.07, 6.45) is 2.91. The molecule has 0 aliphatic rings. The molecule has 16 heteroatoms. The van der Waals surface area contributed by atoms with Crippen LogP contribution in [0.5, 0.6) is 0 Å². The molecule has 0 bridgehead atoms. The van der Waals surface area contributed by atoms with Crippen LogP contribution in [-0.4, -0.2) is 95.1 Å². The van der Waals surface area contributed by atoms with E-state index >= 15 is 0 Å². The van der Waals surface area contributed by atoms with Crippen molar-refractivity contribution in [1.82, 2.24) is 16.0 Å². The van der Waals surface area contributed by atoms with Crippen molar-refractivity contribution < 1.29 is 34.2 Å². The predicted octanol–water partition coefficient (Wildman–Crippen LogP) is -2.74. The fourth-order valence-corrected chi connectivity index (χ4v) is 3.60. The van der Waals surface area contributed by atoms with E-state index in [0.29, 0.717) is 38.0 Å². The number of hydrogen-bond donors (Lipinski definition) is 9. The van der Waals surface area contributed by atoms with Gasteiger partial charge < -0.3 is 49.1 Å². The molecule has 0 fully saturated rings. The summed E-state index contributed by atoms with van der Waals surface area (Å²) in [5.41, 5.74) is 22.0. The molecule has 37 heavy (non-hydrogen) atoms. The Morgan fingerprint density at radius 2 is 1.38 bits per heavy atom. The third kappa shape index (κ3) is 15.6. The Bertz CT molecular complexity index is 795. The first-order valence-electron chi connectivity index (χ1n) is 11.8. The molecular weight excluding hydrogens is 508 g/mol. The van der Waals surface area contributed by atoms with Gasteiger partial charge in [0.1, 0.15) is 18.1 Å². The number of amides is 3. The second-order valence-corrected chi connectivity index (χ2v) is 9.23. The number of thioether (sulfide) groups is 1. The first-order chi connectivity index (χ1) is 17.4. The lowest BCUT2D eigenvalue weighted by molar-refractivity contribution is -0.147. The van der Waals surface area contributed by atoms with E-state index < -0.39 is 60.2 Å². The van der Waals surface area contributed by atoms with Crippen LogP contribution in [0.4, 0.5) is 0 Å². The molecule has 0 heterocycles. The molecule has 0 aromatic carbocycles. The molecule has 0 saturated carbocycles. The van der Waals surface area contributed by atoms with Gasteiger partial charge in [-0.25, -0.2) is 4.79 Å². The molecular formula is C21H40N8O7S. The van der Waals surface area contributed by atoms with E-state index in [1.807, 2.05) is 6.26 Å². The van der Waals surface area contributed by atoms with Crippen LogP contribution >= 0.6 is 11.8 Å². The third-order valence-electron chi connectivity index (χ3n) is 5.12. The number of nitrogens with zero attached hydrogens (tertiary/aromatic N) is 1. The Hall–Kier alpha value is -3.11. The van der Waals surface area contributed by atoms with E-state index in [4.69, 9.17) is 28.0 Å². The number of carboxylic acid groups (broad SMARTS) is 2. The minimum atomic E-state index is -1.69. The smallest absolute Gasteiger partial charge is 0.326 e. The van der Waals surface area contributed by atoms with Crippen LogP contribution in [0, 0.1) is 0 Å². The summed E-state index contributed by atoms with van der Waals surface area (Å²) in [4.78, 5) is 64.6. The summed E-state index contributed by atoms with van der Waals surface area (Å²) in [6.45, 7) is 0.521. The minimum Gasteiger partial charge on any atom is -0.481 e. The molecule has 4 atom stereocenters. The first kappa shape index (κ1) is 33.9. The van der Waals surface area contributed by atoms with Gasteiger partial charge in [-0.05, 0) is 57.1 Å². The highest BCUT2D eigenvalue weighted by atomic mass is 32.2. The van der Waals surface area contributed by atoms with Gasteiger partial charge in [0.15, 0.2) is 5.96 Å². The molecule has 0 aliphatic carbocycles. The van der Waals surface area contributed by atoms with Crippen molar-refractivity contribution in [2.24, 2.45) is 27.9 Å². The lowest BCUT2D eigenvalue weighted by Gasteiger charge is -2.25. The lowest BCUT2D eigenvalue weighted by atomic mass is 10.0. The molecule has 0 spiro atoms. The van der Waals surface area contributed by atoms with Crippen molar-refractivity contribution in [1.29, 1.82) is 0 Å². The molecule has 0 rings (SSSR count). The summed E-state index contributed by atoms with van der Waals surface area (Å²) in [6, 6.07) is -4.82. The highest BCUT2D eigenvalue weighted by Gasteiger charge is 2.30. The number of aliphatic carboxylic acids is 2. The zero-order chi connectivity index (χ0) is 28.4. The number of carboxylic acids is 2. The average Bonchev–Trinajstić information content (AvgIpc) is 2.82.